The van der Waals surface area contributed by atoms with Crippen molar-refractivity contribution in [1.29, 1.82) is 0 Å². The molecule has 0 fully saturated rings. The fourth-order valence-corrected chi connectivity index (χ4v) is 1.17. The van der Waals surface area contributed by atoms with Gasteiger partial charge in [0, 0.05) is 0 Å². The third-order valence-electron chi connectivity index (χ3n) is 1.92. The molecule has 0 spiro atoms. The van der Waals surface area contributed by atoms with Crippen LogP contribution in [0.2, 0.25) is 0 Å². The van der Waals surface area contributed by atoms with E-state index in [0.29, 0.717) is 5.56 Å². The summed E-state index contributed by atoms with van der Waals surface area (Å²) in [6, 6.07) is 3.19. The molecule has 4 heteroatoms. The van der Waals surface area contributed by atoms with Crippen LogP contribution in [0.15, 0.2) is 12.1 Å². The standard InChI is InChI=1S/C9H12N2O2/c1-5-2-3-7(12)9(11)6(5)4-8(10)13/h2-3,12H,4,11H2,1H3,(H2,10,13). The first-order valence-electron chi connectivity index (χ1n) is 3.87. The zero-order valence-corrected chi connectivity index (χ0v) is 7.37. The number of carbonyl (C=O) groups is 1. The molecule has 0 aliphatic rings. The number of aryl methyl sites for hydroxylation is 1. The summed E-state index contributed by atoms with van der Waals surface area (Å²) in [4.78, 5) is 10.7. The fraction of sp³-hybridized carbons (Fsp3) is 0.222. The molecule has 1 amide bonds. The minimum Gasteiger partial charge on any atom is -0.506 e. The Kier molecular flexibility index (Phi) is 2.41. The molecular formula is C9H12N2O2. The van der Waals surface area contributed by atoms with Crippen molar-refractivity contribution < 1.29 is 9.90 Å². The van der Waals surface area contributed by atoms with Crippen LogP contribution in [0.25, 0.3) is 0 Å². The molecule has 0 aliphatic heterocycles. The lowest BCUT2D eigenvalue weighted by atomic mass is 10.0. The molecular weight excluding hydrogens is 168 g/mol. The van der Waals surface area contributed by atoms with E-state index in [2.05, 4.69) is 0 Å². The van der Waals surface area contributed by atoms with Crippen LogP contribution in [-0.2, 0) is 11.2 Å². The number of nitrogen functional groups attached to an aromatic ring is 1. The van der Waals surface area contributed by atoms with Crippen LogP contribution in [-0.4, -0.2) is 11.0 Å². The fourth-order valence-electron chi connectivity index (χ4n) is 1.17. The van der Waals surface area contributed by atoms with E-state index in [1.54, 1.807) is 6.07 Å². The first-order chi connectivity index (χ1) is 6.02. The first-order valence-corrected chi connectivity index (χ1v) is 3.87. The molecule has 0 aromatic heterocycles. The lowest BCUT2D eigenvalue weighted by molar-refractivity contribution is -0.117. The smallest absolute Gasteiger partial charge is 0.221 e. The van der Waals surface area contributed by atoms with Gasteiger partial charge in [0.15, 0.2) is 0 Å². The Hall–Kier alpha value is -1.71. The zero-order chi connectivity index (χ0) is 10.0. The Morgan fingerprint density at radius 3 is 2.69 bits per heavy atom. The average molecular weight is 180 g/mol. The van der Waals surface area contributed by atoms with Gasteiger partial charge in [0.25, 0.3) is 0 Å². The van der Waals surface area contributed by atoms with Crippen molar-refractivity contribution in [3.8, 4) is 5.75 Å². The summed E-state index contributed by atoms with van der Waals surface area (Å²) in [6.45, 7) is 1.81. The van der Waals surface area contributed by atoms with Crippen LogP contribution in [0.4, 0.5) is 5.69 Å². The van der Waals surface area contributed by atoms with Gasteiger partial charge < -0.3 is 16.6 Å². The number of aromatic hydroxyl groups is 1. The minimum atomic E-state index is -0.458. The lowest BCUT2D eigenvalue weighted by Gasteiger charge is -2.08. The first kappa shape index (κ1) is 9.38. The SMILES string of the molecule is Cc1ccc(O)c(N)c1CC(N)=O. The van der Waals surface area contributed by atoms with Crippen molar-refractivity contribution in [2.75, 3.05) is 5.73 Å². The van der Waals surface area contributed by atoms with Gasteiger partial charge in [0.05, 0.1) is 12.1 Å². The van der Waals surface area contributed by atoms with E-state index < -0.39 is 5.91 Å². The second kappa shape index (κ2) is 3.35. The van der Waals surface area contributed by atoms with Gasteiger partial charge in [0.1, 0.15) is 5.75 Å². The normalized spacial score (nSPS) is 9.92. The monoisotopic (exact) mass is 180 g/mol. The van der Waals surface area contributed by atoms with E-state index in [1.807, 2.05) is 6.92 Å². The lowest BCUT2D eigenvalue weighted by Crippen LogP contribution is -2.15. The summed E-state index contributed by atoms with van der Waals surface area (Å²) in [5.74, 6) is -0.470. The van der Waals surface area contributed by atoms with Gasteiger partial charge in [0.2, 0.25) is 5.91 Å². The van der Waals surface area contributed by atoms with Crippen LogP contribution in [0, 0.1) is 6.92 Å². The van der Waals surface area contributed by atoms with Gasteiger partial charge in [-0.1, -0.05) is 6.07 Å². The van der Waals surface area contributed by atoms with Gasteiger partial charge in [-0.05, 0) is 24.1 Å². The Labute approximate surface area is 76.2 Å². The molecule has 0 unspecified atom stereocenters. The van der Waals surface area contributed by atoms with Gasteiger partial charge in [-0.25, -0.2) is 0 Å². The third-order valence-corrected chi connectivity index (χ3v) is 1.92. The highest BCUT2D eigenvalue weighted by atomic mass is 16.3. The van der Waals surface area contributed by atoms with Crippen LogP contribution >= 0.6 is 0 Å². The van der Waals surface area contributed by atoms with Crippen molar-refractivity contribution in [1.82, 2.24) is 0 Å². The molecule has 1 rings (SSSR count). The predicted octanol–water partition coefficient (Wildman–Crippen LogP) is 0.311. The number of benzene rings is 1. The minimum absolute atomic E-state index is 0.0122. The maximum absolute atomic E-state index is 10.7. The van der Waals surface area contributed by atoms with Crippen LogP contribution in [0.3, 0.4) is 0 Å². The second-order valence-corrected chi connectivity index (χ2v) is 2.94. The number of rotatable bonds is 2. The molecule has 70 valence electrons. The number of hydrogen-bond donors (Lipinski definition) is 3. The molecule has 0 atom stereocenters. The van der Waals surface area contributed by atoms with Gasteiger partial charge in [-0.15, -0.1) is 0 Å². The molecule has 1 aromatic rings. The number of phenolic OH excluding ortho intramolecular Hbond substituents is 1. The molecule has 1 aromatic carbocycles. The van der Waals surface area contributed by atoms with Crippen molar-refractivity contribution in [2.24, 2.45) is 5.73 Å². The maximum Gasteiger partial charge on any atom is 0.221 e. The van der Waals surface area contributed by atoms with E-state index in [1.165, 1.54) is 6.07 Å². The summed E-state index contributed by atoms with van der Waals surface area (Å²) in [6.07, 6.45) is 0.0616. The van der Waals surface area contributed by atoms with Gasteiger partial charge >= 0.3 is 0 Å². The number of hydrogen-bond acceptors (Lipinski definition) is 3. The molecule has 4 nitrogen and oxygen atoms in total. The third kappa shape index (κ3) is 1.90. The molecule has 0 saturated heterocycles. The Morgan fingerprint density at radius 1 is 1.54 bits per heavy atom. The molecule has 0 heterocycles. The number of amides is 1. The molecule has 0 bridgehead atoms. The molecule has 0 saturated carbocycles. The highest BCUT2D eigenvalue weighted by Gasteiger charge is 2.09. The van der Waals surface area contributed by atoms with Gasteiger partial charge in [-0.3, -0.25) is 4.79 Å². The summed E-state index contributed by atoms with van der Waals surface area (Å²) in [7, 11) is 0. The molecule has 13 heavy (non-hydrogen) atoms. The Balaban J connectivity index is 3.17. The van der Waals surface area contributed by atoms with E-state index in [4.69, 9.17) is 11.5 Å². The highest BCUT2D eigenvalue weighted by Crippen LogP contribution is 2.26. The van der Waals surface area contributed by atoms with Crippen molar-refractivity contribution >= 4 is 11.6 Å². The van der Waals surface area contributed by atoms with Crippen molar-refractivity contribution in [3.05, 3.63) is 23.3 Å². The zero-order valence-electron chi connectivity index (χ0n) is 7.37. The number of phenols is 1. The van der Waals surface area contributed by atoms with E-state index in [0.717, 1.165) is 5.56 Å². The number of primary amides is 1. The predicted molar refractivity (Wildman–Crippen MR) is 50.2 cm³/mol. The van der Waals surface area contributed by atoms with Crippen molar-refractivity contribution in [3.63, 3.8) is 0 Å². The maximum atomic E-state index is 10.7. The van der Waals surface area contributed by atoms with Gasteiger partial charge in [-0.2, -0.15) is 0 Å². The van der Waals surface area contributed by atoms with Crippen molar-refractivity contribution in [2.45, 2.75) is 13.3 Å². The number of carbonyl (C=O) groups excluding carboxylic acids is 1. The van der Waals surface area contributed by atoms with E-state index in [9.17, 15) is 9.90 Å². The average Bonchev–Trinajstić information content (AvgIpc) is 2.05. The van der Waals surface area contributed by atoms with Crippen LogP contribution < -0.4 is 11.5 Å². The Morgan fingerprint density at radius 2 is 2.15 bits per heavy atom. The van der Waals surface area contributed by atoms with Crippen LogP contribution in [0.5, 0.6) is 5.75 Å². The Bertz CT molecular complexity index is 348. The molecule has 5 N–H and O–H groups in total. The summed E-state index contributed by atoms with van der Waals surface area (Å²) in [5.41, 5.74) is 12.3. The second-order valence-electron chi connectivity index (χ2n) is 2.94. The van der Waals surface area contributed by atoms with Crippen LogP contribution in [0.1, 0.15) is 11.1 Å². The van der Waals surface area contributed by atoms with E-state index >= 15 is 0 Å². The molecule has 0 radical (unpaired) electrons. The summed E-state index contributed by atoms with van der Waals surface area (Å²) >= 11 is 0. The summed E-state index contributed by atoms with van der Waals surface area (Å²) in [5, 5.41) is 9.26. The summed E-state index contributed by atoms with van der Waals surface area (Å²) < 4.78 is 0. The number of nitrogens with two attached hydrogens (primary N) is 2. The number of anilines is 1. The largest absolute Gasteiger partial charge is 0.506 e. The molecule has 0 aliphatic carbocycles. The topological polar surface area (TPSA) is 89.3 Å². The quantitative estimate of drug-likeness (QED) is 0.452. The van der Waals surface area contributed by atoms with E-state index in [-0.39, 0.29) is 17.9 Å². The highest BCUT2D eigenvalue weighted by molar-refractivity contribution is 5.80.